The molecule has 0 aromatic rings. The van der Waals surface area contributed by atoms with Crippen molar-refractivity contribution in [3.8, 4) is 12.3 Å². The van der Waals surface area contributed by atoms with Crippen molar-refractivity contribution in [2.75, 3.05) is 6.54 Å². The van der Waals surface area contributed by atoms with Crippen LogP contribution in [0.15, 0.2) is 12.2 Å². The number of carbonyl (C=O) groups is 1. The molecule has 0 aliphatic rings. The zero-order valence-electron chi connectivity index (χ0n) is 7.48. The molecule has 0 rings (SSSR count). The number of hydrogen-bond donors (Lipinski definition) is 2. The summed E-state index contributed by atoms with van der Waals surface area (Å²) in [6.45, 7) is 7.69. The molecule has 12 heavy (non-hydrogen) atoms. The second kappa shape index (κ2) is 5.25. The third-order valence-corrected chi connectivity index (χ3v) is 1.15. The van der Waals surface area contributed by atoms with Gasteiger partial charge in [-0.15, -0.1) is 6.42 Å². The Labute approximate surface area is 73.2 Å². The van der Waals surface area contributed by atoms with Crippen molar-refractivity contribution < 1.29 is 4.79 Å². The molecular weight excluding hydrogens is 152 g/mol. The van der Waals surface area contributed by atoms with Crippen molar-refractivity contribution in [2.24, 2.45) is 0 Å². The number of nitrogens with one attached hydrogen (secondary N) is 2. The Kier molecular flexibility index (Phi) is 4.62. The van der Waals surface area contributed by atoms with Crippen LogP contribution in [0.25, 0.3) is 0 Å². The minimum atomic E-state index is -0.261. The third kappa shape index (κ3) is 5.36. The smallest absolute Gasteiger partial charge is 0.316 e. The zero-order valence-corrected chi connectivity index (χ0v) is 7.48. The minimum absolute atomic E-state index is 0.241. The summed E-state index contributed by atoms with van der Waals surface area (Å²) < 4.78 is 0. The molecule has 1 unspecified atom stereocenters. The van der Waals surface area contributed by atoms with Gasteiger partial charge in [0.1, 0.15) is 0 Å². The number of carbonyl (C=O) groups excluding carboxylic acids is 1. The molecule has 0 bridgehead atoms. The van der Waals surface area contributed by atoms with Crippen LogP contribution in [-0.4, -0.2) is 18.6 Å². The maximum atomic E-state index is 11.0. The van der Waals surface area contributed by atoms with Gasteiger partial charge in [0, 0.05) is 6.54 Å². The number of urea groups is 1. The Morgan fingerprint density at radius 3 is 2.75 bits per heavy atom. The van der Waals surface area contributed by atoms with Gasteiger partial charge in [-0.05, 0) is 13.8 Å². The predicted octanol–water partition coefficient (Wildman–Crippen LogP) is 0.883. The van der Waals surface area contributed by atoms with Gasteiger partial charge in [0.2, 0.25) is 0 Å². The number of amides is 2. The van der Waals surface area contributed by atoms with E-state index in [0.29, 0.717) is 6.54 Å². The maximum absolute atomic E-state index is 11.0. The second-order valence-electron chi connectivity index (χ2n) is 2.67. The first-order valence-electron chi connectivity index (χ1n) is 3.71. The molecule has 0 fully saturated rings. The maximum Gasteiger partial charge on any atom is 0.316 e. The molecule has 0 aliphatic carbocycles. The van der Waals surface area contributed by atoms with Crippen molar-refractivity contribution >= 4 is 6.03 Å². The summed E-state index contributed by atoms with van der Waals surface area (Å²) in [4.78, 5) is 11.0. The normalized spacial score (nSPS) is 11.1. The van der Waals surface area contributed by atoms with Gasteiger partial charge < -0.3 is 10.6 Å². The van der Waals surface area contributed by atoms with Crippen molar-refractivity contribution in [3.05, 3.63) is 12.2 Å². The predicted molar refractivity (Wildman–Crippen MR) is 49.6 cm³/mol. The van der Waals surface area contributed by atoms with Crippen LogP contribution in [-0.2, 0) is 0 Å². The molecule has 0 radical (unpaired) electrons. The monoisotopic (exact) mass is 166 g/mol. The summed E-state index contributed by atoms with van der Waals surface area (Å²) in [5.74, 6) is 2.39. The van der Waals surface area contributed by atoms with Crippen LogP contribution in [0.4, 0.5) is 4.79 Å². The van der Waals surface area contributed by atoms with E-state index in [1.165, 1.54) is 0 Å². The largest absolute Gasteiger partial charge is 0.334 e. The Morgan fingerprint density at radius 2 is 2.33 bits per heavy atom. The zero-order chi connectivity index (χ0) is 9.56. The van der Waals surface area contributed by atoms with Crippen LogP contribution in [0.1, 0.15) is 13.8 Å². The molecular formula is C9H14N2O. The highest BCUT2D eigenvalue weighted by atomic mass is 16.2. The molecule has 0 saturated carbocycles. The molecule has 2 N–H and O–H groups in total. The van der Waals surface area contributed by atoms with Crippen molar-refractivity contribution in [1.82, 2.24) is 10.6 Å². The molecule has 0 aromatic carbocycles. The molecule has 0 heterocycles. The second-order valence-corrected chi connectivity index (χ2v) is 2.67. The molecule has 3 heteroatoms. The van der Waals surface area contributed by atoms with Crippen molar-refractivity contribution in [1.29, 1.82) is 0 Å². The van der Waals surface area contributed by atoms with Gasteiger partial charge in [0.05, 0.1) is 6.04 Å². The van der Waals surface area contributed by atoms with Gasteiger partial charge in [-0.3, -0.25) is 0 Å². The summed E-state index contributed by atoms with van der Waals surface area (Å²) in [6.07, 6.45) is 5.07. The lowest BCUT2D eigenvalue weighted by molar-refractivity contribution is 0.240. The first kappa shape index (κ1) is 10.6. The highest BCUT2D eigenvalue weighted by Gasteiger charge is 2.01. The van der Waals surface area contributed by atoms with E-state index in [9.17, 15) is 4.79 Å². The van der Waals surface area contributed by atoms with E-state index in [1.807, 2.05) is 6.92 Å². The van der Waals surface area contributed by atoms with Gasteiger partial charge >= 0.3 is 6.03 Å². The average molecular weight is 166 g/mol. The third-order valence-electron chi connectivity index (χ3n) is 1.15. The van der Waals surface area contributed by atoms with Gasteiger partial charge in [-0.2, -0.15) is 0 Å². The molecule has 0 saturated heterocycles. The SMILES string of the molecule is C#CC(C)NC(=O)NCC(=C)C. The summed E-state index contributed by atoms with van der Waals surface area (Å²) in [5.41, 5.74) is 0.901. The number of terminal acetylenes is 1. The fourth-order valence-electron chi connectivity index (χ4n) is 0.521. The van der Waals surface area contributed by atoms with E-state index < -0.39 is 0 Å². The molecule has 3 nitrogen and oxygen atoms in total. The van der Waals surface area contributed by atoms with Gasteiger partial charge in [-0.1, -0.05) is 18.1 Å². The summed E-state index contributed by atoms with van der Waals surface area (Å²) in [7, 11) is 0. The standard InChI is InChI=1S/C9H14N2O/c1-5-8(4)11-9(12)10-6-7(2)3/h1,8H,2,6H2,3-4H3,(H2,10,11,12). The topological polar surface area (TPSA) is 41.1 Å². The van der Waals surface area contributed by atoms with Crippen molar-refractivity contribution in [3.63, 3.8) is 0 Å². The molecule has 0 aliphatic heterocycles. The summed E-state index contributed by atoms with van der Waals surface area (Å²) in [6, 6.07) is -0.501. The Balaban J connectivity index is 3.62. The van der Waals surface area contributed by atoms with Crippen LogP contribution in [0.2, 0.25) is 0 Å². The Hall–Kier alpha value is -1.43. The van der Waals surface area contributed by atoms with Crippen LogP contribution < -0.4 is 10.6 Å². The first-order chi connectivity index (χ1) is 5.56. The fourth-order valence-corrected chi connectivity index (χ4v) is 0.521. The van der Waals surface area contributed by atoms with E-state index in [4.69, 9.17) is 6.42 Å². The first-order valence-corrected chi connectivity index (χ1v) is 3.71. The lowest BCUT2D eigenvalue weighted by Gasteiger charge is -2.08. The molecule has 0 spiro atoms. The lowest BCUT2D eigenvalue weighted by atomic mass is 10.3. The average Bonchev–Trinajstić information content (AvgIpc) is 2.00. The number of rotatable bonds is 3. The summed E-state index contributed by atoms with van der Waals surface area (Å²) in [5, 5.41) is 5.16. The van der Waals surface area contributed by atoms with E-state index in [1.54, 1.807) is 6.92 Å². The van der Waals surface area contributed by atoms with Gasteiger partial charge in [0.25, 0.3) is 0 Å². The lowest BCUT2D eigenvalue weighted by Crippen LogP contribution is -2.40. The van der Waals surface area contributed by atoms with E-state index in [0.717, 1.165) is 5.57 Å². The highest BCUT2D eigenvalue weighted by Crippen LogP contribution is 1.82. The Morgan fingerprint density at radius 1 is 1.75 bits per heavy atom. The highest BCUT2D eigenvalue weighted by molar-refractivity contribution is 5.74. The van der Waals surface area contributed by atoms with Crippen LogP contribution >= 0.6 is 0 Å². The minimum Gasteiger partial charge on any atom is -0.334 e. The van der Waals surface area contributed by atoms with Crippen LogP contribution in [0, 0.1) is 12.3 Å². The molecule has 0 aromatic heterocycles. The molecule has 2 amide bonds. The number of hydrogen-bond acceptors (Lipinski definition) is 1. The van der Waals surface area contributed by atoms with Crippen LogP contribution in [0.3, 0.4) is 0 Å². The van der Waals surface area contributed by atoms with Gasteiger partial charge in [0.15, 0.2) is 0 Å². The van der Waals surface area contributed by atoms with Gasteiger partial charge in [-0.25, -0.2) is 4.79 Å². The summed E-state index contributed by atoms with van der Waals surface area (Å²) >= 11 is 0. The van der Waals surface area contributed by atoms with E-state index in [2.05, 4.69) is 23.1 Å². The van der Waals surface area contributed by atoms with Crippen molar-refractivity contribution in [2.45, 2.75) is 19.9 Å². The Bertz CT molecular complexity index is 215. The fraction of sp³-hybridized carbons (Fsp3) is 0.444. The molecule has 66 valence electrons. The molecule has 1 atom stereocenters. The van der Waals surface area contributed by atoms with E-state index >= 15 is 0 Å². The quantitative estimate of drug-likeness (QED) is 0.474. The van der Waals surface area contributed by atoms with Crippen LogP contribution in [0.5, 0.6) is 0 Å². The van der Waals surface area contributed by atoms with E-state index in [-0.39, 0.29) is 12.1 Å².